The predicted octanol–water partition coefficient (Wildman–Crippen LogP) is 4.53. The van der Waals surface area contributed by atoms with Crippen molar-refractivity contribution in [2.75, 3.05) is 20.3 Å². The van der Waals surface area contributed by atoms with Crippen LogP contribution in [0.1, 0.15) is 51.7 Å². The molecule has 1 heterocycles. The standard InChI is InChI=1S/C29H38N2O7/c1-6-36-28(34)37-25-17-16-24(31(25)19-21-10-8-7-9-11-21)27(33)30(20-26(32)38-29(2,3)4)18-22-12-14-23(35-5)15-13-22/h7-15,24-25H,6,16-20H2,1-5H3/t24-,25+/m0/s1. The van der Waals surface area contributed by atoms with Gasteiger partial charge in [-0.25, -0.2) is 4.79 Å². The molecule has 0 aliphatic carbocycles. The smallest absolute Gasteiger partial charge is 0.497 e. The number of nitrogens with zero attached hydrogens (tertiary/aromatic N) is 2. The molecule has 9 nitrogen and oxygen atoms in total. The van der Waals surface area contributed by atoms with Crippen LogP contribution in [0.5, 0.6) is 5.75 Å². The molecule has 1 aliphatic heterocycles. The van der Waals surface area contributed by atoms with Gasteiger partial charge in [0, 0.05) is 19.5 Å². The minimum atomic E-state index is -0.771. The highest BCUT2D eigenvalue weighted by molar-refractivity contribution is 5.86. The summed E-state index contributed by atoms with van der Waals surface area (Å²) in [6, 6.07) is 16.4. The zero-order chi connectivity index (χ0) is 27.7. The van der Waals surface area contributed by atoms with E-state index in [0.717, 1.165) is 11.1 Å². The molecule has 2 atom stereocenters. The fraction of sp³-hybridized carbons (Fsp3) is 0.483. The van der Waals surface area contributed by atoms with Crippen molar-refractivity contribution in [2.24, 2.45) is 0 Å². The molecule has 1 amide bonds. The summed E-state index contributed by atoms with van der Waals surface area (Å²) in [5.74, 6) is -0.0357. The summed E-state index contributed by atoms with van der Waals surface area (Å²) in [6.45, 7) is 7.66. The van der Waals surface area contributed by atoms with Crippen molar-refractivity contribution < 1.29 is 33.3 Å². The van der Waals surface area contributed by atoms with E-state index in [9.17, 15) is 14.4 Å². The lowest BCUT2D eigenvalue weighted by Crippen LogP contribution is -2.49. The van der Waals surface area contributed by atoms with Crippen LogP contribution < -0.4 is 4.74 Å². The molecular formula is C29H38N2O7. The minimum absolute atomic E-state index is 0.193. The molecule has 0 spiro atoms. The molecule has 0 radical (unpaired) electrons. The first kappa shape index (κ1) is 29.0. The van der Waals surface area contributed by atoms with Crippen molar-refractivity contribution in [2.45, 2.75) is 71.5 Å². The van der Waals surface area contributed by atoms with Crippen LogP contribution in [0.2, 0.25) is 0 Å². The third-order valence-corrected chi connectivity index (χ3v) is 6.03. The molecule has 1 fully saturated rings. The Morgan fingerprint density at radius 2 is 1.66 bits per heavy atom. The Morgan fingerprint density at radius 3 is 2.26 bits per heavy atom. The molecule has 1 aliphatic rings. The first-order valence-electron chi connectivity index (χ1n) is 12.9. The fourth-order valence-electron chi connectivity index (χ4n) is 4.40. The Balaban J connectivity index is 1.86. The number of benzene rings is 2. The SMILES string of the molecule is CCOC(=O)O[C@@H]1CC[C@@H](C(=O)N(CC(=O)OC(C)(C)C)Cc2ccc(OC)cc2)N1Cc1ccccc1. The maximum Gasteiger partial charge on any atom is 0.509 e. The third-order valence-electron chi connectivity index (χ3n) is 6.03. The van der Waals surface area contributed by atoms with Crippen LogP contribution in [-0.4, -0.2) is 66.0 Å². The van der Waals surface area contributed by atoms with Gasteiger partial charge in [-0.05, 0) is 57.4 Å². The summed E-state index contributed by atoms with van der Waals surface area (Å²) in [5, 5.41) is 0. The number of carbonyl (C=O) groups excluding carboxylic acids is 3. The van der Waals surface area contributed by atoms with Crippen LogP contribution in [0.15, 0.2) is 54.6 Å². The van der Waals surface area contributed by atoms with E-state index in [4.69, 9.17) is 18.9 Å². The van der Waals surface area contributed by atoms with Gasteiger partial charge in [0.1, 0.15) is 17.9 Å². The van der Waals surface area contributed by atoms with Gasteiger partial charge in [0.05, 0.1) is 19.8 Å². The average molecular weight is 527 g/mol. The summed E-state index contributed by atoms with van der Waals surface area (Å²) in [7, 11) is 1.59. The number of ether oxygens (including phenoxy) is 4. The van der Waals surface area contributed by atoms with Gasteiger partial charge in [0.2, 0.25) is 5.91 Å². The molecule has 0 saturated carbocycles. The molecule has 0 bridgehead atoms. The zero-order valence-corrected chi connectivity index (χ0v) is 22.8. The van der Waals surface area contributed by atoms with Gasteiger partial charge < -0.3 is 23.8 Å². The van der Waals surface area contributed by atoms with Crippen LogP contribution in [0.25, 0.3) is 0 Å². The fourth-order valence-corrected chi connectivity index (χ4v) is 4.40. The lowest BCUT2D eigenvalue weighted by atomic mass is 10.1. The number of methoxy groups -OCH3 is 1. The van der Waals surface area contributed by atoms with Crippen molar-refractivity contribution in [1.29, 1.82) is 0 Å². The Morgan fingerprint density at radius 1 is 0.974 bits per heavy atom. The number of hydrogen-bond acceptors (Lipinski definition) is 8. The second-order valence-corrected chi connectivity index (χ2v) is 10.1. The second kappa shape index (κ2) is 13.3. The van der Waals surface area contributed by atoms with Crippen molar-refractivity contribution in [3.63, 3.8) is 0 Å². The van der Waals surface area contributed by atoms with Gasteiger partial charge in [-0.1, -0.05) is 42.5 Å². The molecule has 206 valence electrons. The number of likely N-dealkylation sites (tertiary alicyclic amines) is 1. The summed E-state index contributed by atoms with van der Waals surface area (Å²) in [5.41, 5.74) is 1.13. The summed E-state index contributed by atoms with van der Waals surface area (Å²) >= 11 is 0. The van der Waals surface area contributed by atoms with Crippen LogP contribution in [0.4, 0.5) is 4.79 Å². The van der Waals surface area contributed by atoms with Gasteiger partial charge in [-0.3, -0.25) is 14.5 Å². The monoisotopic (exact) mass is 526 g/mol. The maximum absolute atomic E-state index is 14.0. The highest BCUT2D eigenvalue weighted by atomic mass is 16.7. The molecule has 0 N–H and O–H groups in total. The molecule has 1 saturated heterocycles. The summed E-state index contributed by atoms with van der Waals surface area (Å²) in [4.78, 5) is 42.3. The van der Waals surface area contributed by atoms with Gasteiger partial charge in [0.25, 0.3) is 0 Å². The first-order chi connectivity index (χ1) is 18.1. The van der Waals surface area contributed by atoms with Crippen LogP contribution >= 0.6 is 0 Å². The van der Waals surface area contributed by atoms with Gasteiger partial charge in [-0.15, -0.1) is 0 Å². The summed E-state index contributed by atoms with van der Waals surface area (Å²) in [6.07, 6.45) is -0.478. The molecule has 0 aromatic heterocycles. The van der Waals surface area contributed by atoms with E-state index in [2.05, 4.69) is 0 Å². The highest BCUT2D eigenvalue weighted by Gasteiger charge is 2.42. The molecule has 38 heavy (non-hydrogen) atoms. The van der Waals surface area contributed by atoms with Crippen LogP contribution in [0, 0.1) is 0 Å². The van der Waals surface area contributed by atoms with Gasteiger partial charge in [-0.2, -0.15) is 0 Å². The van der Waals surface area contributed by atoms with E-state index in [1.165, 1.54) is 4.90 Å². The Labute approximate surface area is 224 Å². The number of hydrogen-bond donors (Lipinski definition) is 0. The number of carbonyl (C=O) groups is 3. The molecule has 2 aromatic carbocycles. The Bertz CT molecular complexity index is 1070. The molecule has 0 unspecified atom stereocenters. The molecule has 9 heteroatoms. The van der Waals surface area contributed by atoms with Gasteiger partial charge in [0.15, 0.2) is 6.23 Å². The average Bonchev–Trinajstić information content (AvgIpc) is 3.24. The lowest BCUT2D eigenvalue weighted by Gasteiger charge is -2.33. The third kappa shape index (κ3) is 8.48. The first-order valence-corrected chi connectivity index (χ1v) is 12.9. The Kier molecular flexibility index (Phi) is 10.1. The van der Waals surface area contributed by atoms with E-state index in [0.29, 0.717) is 25.1 Å². The summed E-state index contributed by atoms with van der Waals surface area (Å²) < 4.78 is 21.3. The van der Waals surface area contributed by atoms with Crippen molar-refractivity contribution in [3.05, 3.63) is 65.7 Å². The number of amides is 1. The van der Waals surface area contributed by atoms with Crippen LogP contribution in [-0.2, 0) is 36.9 Å². The zero-order valence-electron chi connectivity index (χ0n) is 22.8. The second-order valence-electron chi connectivity index (χ2n) is 10.1. The normalized spacial score (nSPS) is 17.5. The van der Waals surface area contributed by atoms with Gasteiger partial charge >= 0.3 is 12.1 Å². The van der Waals surface area contributed by atoms with Crippen molar-refractivity contribution in [3.8, 4) is 5.75 Å². The minimum Gasteiger partial charge on any atom is -0.497 e. The van der Waals surface area contributed by atoms with Crippen molar-refractivity contribution >= 4 is 18.0 Å². The molecular weight excluding hydrogens is 488 g/mol. The maximum atomic E-state index is 14.0. The number of esters is 1. The predicted molar refractivity (Wildman–Crippen MR) is 141 cm³/mol. The largest absolute Gasteiger partial charge is 0.509 e. The van der Waals surface area contributed by atoms with E-state index in [-0.39, 0.29) is 25.6 Å². The van der Waals surface area contributed by atoms with E-state index in [1.807, 2.05) is 59.5 Å². The quantitative estimate of drug-likeness (QED) is 0.417. The lowest BCUT2D eigenvalue weighted by molar-refractivity contribution is -0.160. The molecule has 3 rings (SSSR count). The topological polar surface area (TPSA) is 94.6 Å². The van der Waals surface area contributed by atoms with Crippen molar-refractivity contribution in [1.82, 2.24) is 9.80 Å². The van der Waals surface area contributed by atoms with Crippen LogP contribution in [0.3, 0.4) is 0 Å². The highest BCUT2D eigenvalue weighted by Crippen LogP contribution is 2.30. The van der Waals surface area contributed by atoms with E-state index < -0.39 is 30.0 Å². The van der Waals surface area contributed by atoms with E-state index >= 15 is 0 Å². The number of rotatable bonds is 10. The molecule has 2 aromatic rings. The Hall–Kier alpha value is -3.59. The van der Waals surface area contributed by atoms with E-state index in [1.54, 1.807) is 34.8 Å².